The number of hydrogen-bond donors (Lipinski definition) is 1. The number of benzene rings is 1. The molecule has 0 saturated heterocycles. The first-order valence-electron chi connectivity index (χ1n) is 7.92. The van der Waals surface area contributed by atoms with Gasteiger partial charge in [-0.1, -0.05) is 13.8 Å². The largest absolute Gasteiger partial charge is 0.610 e. The molecule has 0 aliphatic heterocycles. The third kappa shape index (κ3) is 3.86. The normalized spacial score (nSPS) is 12.2. The number of nitrogens with one attached hydrogen (secondary N) is 1. The van der Waals surface area contributed by atoms with Crippen molar-refractivity contribution in [3.05, 3.63) is 43.6 Å². The molecule has 0 amide bonds. The van der Waals surface area contributed by atoms with Crippen LogP contribution in [0.4, 0.5) is 5.69 Å². The van der Waals surface area contributed by atoms with E-state index in [2.05, 4.69) is 9.72 Å². The highest BCUT2D eigenvalue weighted by Crippen LogP contribution is 2.28. The third-order valence-electron chi connectivity index (χ3n) is 3.87. The first kappa shape index (κ1) is 20.6. The van der Waals surface area contributed by atoms with Gasteiger partial charge in [0, 0.05) is 23.7 Å². The Labute approximate surface area is 157 Å². The second kappa shape index (κ2) is 7.89. The van der Waals surface area contributed by atoms with Crippen molar-refractivity contribution in [3.63, 3.8) is 0 Å². The van der Waals surface area contributed by atoms with Crippen molar-refractivity contribution in [2.45, 2.75) is 25.3 Å². The SMILES string of the molecule is COC(=O)c1ccc([N+](=O)[O-])c2c(=O)c(C(=O)CC(C)C)c([S+](C)[O-])[nH]c12. The maximum atomic E-state index is 13.0. The van der Waals surface area contributed by atoms with Crippen LogP contribution in [0.5, 0.6) is 0 Å². The lowest BCUT2D eigenvalue weighted by molar-refractivity contribution is -0.383. The molecular weight excluding hydrogens is 376 g/mol. The number of ether oxygens (including phenoxy) is 1. The molecule has 0 bridgehead atoms. The Morgan fingerprint density at radius 3 is 2.44 bits per heavy atom. The van der Waals surface area contributed by atoms with Crippen LogP contribution in [0.25, 0.3) is 10.9 Å². The molecule has 0 saturated carbocycles. The van der Waals surface area contributed by atoms with Crippen molar-refractivity contribution >= 4 is 39.5 Å². The zero-order valence-corrected chi connectivity index (χ0v) is 16.0. The number of Topliss-reactive ketones (excluding diaryl/α,β-unsaturated/α-hetero) is 1. The number of non-ortho nitro benzene ring substituents is 1. The number of aromatic amines is 1. The standard InChI is InChI=1S/C17H18N2O7S/c1-8(2)7-11(20)13-15(21)12-10(19(23)24)6-5-9(17(22)26-3)14(12)18-16(13)27(4)25/h5-6,8H,7H2,1-4H3,(H,18,21). The Morgan fingerprint density at radius 2 is 1.96 bits per heavy atom. The lowest BCUT2D eigenvalue weighted by Crippen LogP contribution is -2.24. The van der Waals surface area contributed by atoms with E-state index >= 15 is 0 Å². The minimum absolute atomic E-state index is 0.00325. The Hall–Kier alpha value is -2.72. The Balaban J connectivity index is 3.03. The van der Waals surface area contributed by atoms with E-state index in [9.17, 15) is 29.1 Å². The average Bonchev–Trinajstić information content (AvgIpc) is 2.58. The number of rotatable bonds is 6. The maximum absolute atomic E-state index is 13.0. The molecule has 2 aromatic rings. The lowest BCUT2D eigenvalue weighted by atomic mass is 9.99. The zero-order valence-electron chi connectivity index (χ0n) is 15.2. The molecule has 0 aliphatic rings. The van der Waals surface area contributed by atoms with Crippen molar-refractivity contribution in [2.24, 2.45) is 5.92 Å². The van der Waals surface area contributed by atoms with Crippen LogP contribution < -0.4 is 5.43 Å². The number of pyridine rings is 1. The Bertz CT molecular complexity index is 995. The summed E-state index contributed by atoms with van der Waals surface area (Å²) in [6, 6.07) is 2.14. The monoisotopic (exact) mass is 394 g/mol. The molecule has 1 atom stereocenters. The maximum Gasteiger partial charge on any atom is 0.340 e. The molecule has 1 unspecified atom stereocenters. The summed E-state index contributed by atoms with van der Waals surface area (Å²) in [7, 11) is 1.12. The van der Waals surface area contributed by atoms with Gasteiger partial charge >= 0.3 is 5.97 Å². The van der Waals surface area contributed by atoms with Gasteiger partial charge in [-0.3, -0.25) is 19.7 Å². The summed E-state index contributed by atoms with van der Waals surface area (Å²) in [5.74, 6) is -1.49. The van der Waals surface area contributed by atoms with E-state index in [1.165, 1.54) is 6.26 Å². The van der Waals surface area contributed by atoms with Crippen LogP contribution in [0.1, 0.15) is 41.0 Å². The molecule has 0 radical (unpaired) electrons. The van der Waals surface area contributed by atoms with Crippen LogP contribution >= 0.6 is 0 Å². The smallest absolute Gasteiger partial charge is 0.340 e. The number of aromatic nitrogens is 1. The first-order chi connectivity index (χ1) is 12.6. The Kier molecular flexibility index (Phi) is 6.01. The lowest BCUT2D eigenvalue weighted by Gasteiger charge is -2.13. The number of carbonyl (C=O) groups is 2. The van der Waals surface area contributed by atoms with Gasteiger partial charge in [0.15, 0.2) is 5.78 Å². The summed E-state index contributed by atoms with van der Waals surface area (Å²) in [4.78, 5) is 50.9. The number of hydrogen-bond acceptors (Lipinski definition) is 7. The molecule has 0 fully saturated rings. The summed E-state index contributed by atoms with van der Waals surface area (Å²) in [5, 5.41) is 10.8. The van der Waals surface area contributed by atoms with Crippen molar-refractivity contribution in [1.29, 1.82) is 0 Å². The van der Waals surface area contributed by atoms with Crippen molar-refractivity contribution in [1.82, 2.24) is 4.98 Å². The van der Waals surface area contributed by atoms with Gasteiger partial charge in [-0.2, -0.15) is 0 Å². The average molecular weight is 394 g/mol. The highest BCUT2D eigenvalue weighted by molar-refractivity contribution is 7.90. The number of nitro groups is 1. The van der Waals surface area contributed by atoms with Gasteiger partial charge in [-0.15, -0.1) is 0 Å². The van der Waals surface area contributed by atoms with E-state index in [-0.39, 0.29) is 34.0 Å². The topological polar surface area (TPSA) is 142 Å². The summed E-state index contributed by atoms with van der Waals surface area (Å²) in [6.07, 6.45) is 1.27. The molecule has 1 heterocycles. The number of esters is 1. The summed E-state index contributed by atoms with van der Waals surface area (Å²) < 4.78 is 16.8. The molecule has 1 aromatic heterocycles. The fourth-order valence-corrected chi connectivity index (χ4v) is 3.47. The number of ketones is 1. The van der Waals surface area contributed by atoms with Crippen LogP contribution in [-0.4, -0.2) is 39.6 Å². The van der Waals surface area contributed by atoms with E-state index in [0.29, 0.717) is 0 Å². The molecule has 1 N–H and O–H groups in total. The van der Waals surface area contributed by atoms with Gasteiger partial charge in [0.05, 0.1) is 23.1 Å². The number of carbonyl (C=O) groups excluding carboxylic acids is 2. The highest BCUT2D eigenvalue weighted by Gasteiger charge is 2.31. The van der Waals surface area contributed by atoms with Gasteiger partial charge in [0.25, 0.3) is 5.69 Å². The van der Waals surface area contributed by atoms with E-state index in [0.717, 1.165) is 19.2 Å². The molecular formula is C17H18N2O7S. The minimum atomic E-state index is -1.78. The number of H-pyrrole nitrogens is 1. The number of methoxy groups -OCH3 is 1. The van der Waals surface area contributed by atoms with Crippen molar-refractivity contribution in [3.8, 4) is 0 Å². The van der Waals surface area contributed by atoms with Crippen molar-refractivity contribution < 1.29 is 23.8 Å². The van der Waals surface area contributed by atoms with Crippen LogP contribution in [0.2, 0.25) is 0 Å². The number of nitro benzene ring substituents is 1. The molecule has 9 nitrogen and oxygen atoms in total. The summed E-state index contributed by atoms with van der Waals surface area (Å²) >= 11 is -1.78. The molecule has 10 heteroatoms. The summed E-state index contributed by atoms with van der Waals surface area (Å²) in [6.45, 7) is 3.54. The van der Waals surface area contributed by atoms with Gasteiger partial charge < -0.3 is 14.3 Å². The predicted molar refractivity (Wildman–Crippen MR) is 98.7 cm³/mol. The van der Waals surface area contributed by atoms with Crippen LogP contribution in [-0.2, 0) is 15.9 Å². The first-order valence-corrected chi connectivity index (χ1v) is 9.48. The van der Waals surface area contributed by atoms with Gasteiger partial charge in [0.2, 0.25) is 10.5 Å². The molecule has 2 rings (SSSR count). The summed E-state index contributed by atoms with van der Waals surface area (Å²) in [5.41, 5.74) is -2.21. The molecule has 144 valence electrons. The zero-order chi connectivity index (χ0) is 20.5. The van der Waals surface area contributed by atoms with E-state index in [1.807, 2.05) is 0 Å². The number of fused-ring (bicyclic) bond motifs is 1. The molecule has 1 aromatic carbocycles. The predicted octanol–water partition coefficient (Wildman–Crippen LogP) is 2.19. The molecule has 0 aliphatic carbocycles. The van der Waals surface area contributed by atoms with Gasteiger partial charge in [-0.25, -0.2) is 4.79 Å². The van der Waals surface area contributed by atoms with E-state index < -0.39 is 44.4 Å². The molecule has 27 heavy (non-hydrogen) atoms. The molecule has 0 spiro atoms. The third-order valence-corrected chi connectivity index (χ3v) is 4.75. The van der Waals surface area contributed by atoms with Crippen LogP contribution in [0, 0.1) is 16.0 Å². The van der Waals surface area contributed by atoms with E-state index in [4.69, 9.17) is 0 Å². The van der Waals surface area contributed by atoms with Gasteiger partial charge in [-0.05, 0) is 12.0 Å². The Morgan fingerprint density at radius 1 is 1.33 bits per heavy atom. The fourth-order valence-electron chi connectivity index (χ4n) is 2.73. The quantitative estimate of drug-likeness (QED) is 0.260. The second-order valence-corrected chi connectivity index (χ2v) is 7.58. The van der Waals surface area contributed by atoms with Crippen LogP contribution in [0.15, 0.2) is 22.0 Å². The minimum Gasteiger partial charge on any atom is -0.610 e. The van der Waals surface area contributed by atoms with Crippen molar-refractivity contribution in [2.75, 3.05) is 13.4 Å². The fraction of sp³-hybridized carbons (Fsp3) is 0.353. The van der Waals surface area contributed by atoms with Gasteiger partial charge in [0.1, 0.15) is 17.2 Å². The second-order valence-electron chi connectivity index (χ2n) is 6.26. The van der Waals surface area contributed by atoms with E-state index in [1.54, 1.807) is 13.8 Å². The highest BCUT2D eigenvalue weighted by atomic mass is 32.2. The number of nitrogens with zero attached hydrogens (tertiary/aromatic N) is 1. The van der Waals surface area contributed by atoms with Crippen LogP contribution in [0.3, 0.4) is 0 Å².